The fourth-order valence-corrected chi connectivity index (χ4v) is 8.08. The van der Waals surface area contributed by atoms with E-state index in [0.29, 0.717) is 0 Å². The first-order valence-corrected chi connectivity index (χ1v) is 21.1. The number of fused-ring (bicyclic) bond motifs is 1. The van der Waals surface area contributed by atoms with Gasteiger partial charge in [0, 0.05) is 30.7 Å². The third-order valence-corrected chi connectivity index (χ3v) is 11.6. The number of imidazole rings is 1. The zero-order chi connectivity index (χ0) is 39.9. The summed E-state index contributed by atoms with van der Waals surface area (Å²) >= 11 is 11.7. The van der Waals surface area contributed by atoms with Crippen LogP contribution in [0.2, 0.25) is 0 Å². The minimum Gasteiger partial charge on any atom is -0.386 e. The average Bonchev–Trinajstić information content (AvgIpc) is 3.60. The molecule has 2 amide bonds. The van der Waals surface area contributed by atoms with Crippen LogP contribution in [-0.4, -0.2) is 128 Å². The fourth-order valence-electron chi connectivity index (χ4n) is 4.34. The monoisotopic (exact) mass is 877 g/mol. The number of nitrogens with zero attached hydrogens (tertiary/aromatic N) is 4. The lowest BCUT2D eigenvalue weighted by molar-refractivity contribution is -0.137. The van der Waals surface area contributed by atoms with E-state index in [1.165, 1.54) is 13.8 Å². The summed E-state index contributed by atoms with van der Waals surface area (Å²) < 4.78 is 61.9. The van der Waals surface area contributed by atoms with Crippen molar-refractivity contribution in [2.45, 2.75) is 55.7 Å². The second kappa shape index (κ2) is 18.9. The van der Waals surface area contributed by atoms with E-state index < -0.39 is 94.5 Å². The Kier molecular flexibility index (Phi) is 16.2. The average molecular weight is 878 g/mol. The zero-order valence-corrected chi connectivity index (χ0v) is 32.4. The topological polar surface area (TPSA) is 364 Å². The number of nitrogen functional groups attached to an aromatic ring is 1. The molecule has 3 heterocycles. The molecule has 10 N–H and O–H groups in total. The number of hydrogen-bond donors (Lipinski definition) is 9. The molecular formula is C23H36Cl2N7O17P3S. The molecule has 3 rings (SSSR count). The maximum Gasteiger partial charge on any atom is 0.481 e. The van der Waals surface area contributed by atoms with Crippen LogP contribution < -0.4 is 16.4 Å². The summed E-state index contributed by atoms with van der Waals surface area (Å²) in [6.07, 6.45) is -7.01. The Hall–Kier alpha value is -1.86. The predicted molar refractivity (Wildman–Crippen MR) is 183 cm³/mol. The molecule has 7 atom stereocenters. The first-order chi connectivity index (χ1) is 24.4. The summed E-state index contributed by atoms with van der Waals surface area (Å²) in [4.78, 5) is 85.3. The van der Waals surface area contributed by atoms with Crippen LogP contribution in [0.25, 0.3) is 11.2 Å². The molecule has 30 heteroatoms. The number of carbonyl (C=O) groups is 3. The van der Waals surface area contributed by atoms with E-state index in [1.54, 1.807) is 0 Å². The molecule has 0 aliphatic carbocycles. The van der Waals surface area contributed by atoms with Crippen LogP contribution in [0.1, 0.15) is 26.5 Å². The summed E-state index contributed by atoms with van der Waals surface area (Å²) in [5.74, 6) is -1.35. The van der Waals surface area contributed by atoms with E-state index >= 15 is 0 Å². The summed E-state index contributed by atoms with van der Waals surface area (Å²) in [5.41, 5.74) is 4.22. The van der Waals surface area contributed by atoms with Crippen LogP contribution >= 0.6 is 58.4 Å². The molecule has 1 aliphatic heterocycles. The normalized spacial score (nSPS) is 22.3. The highest BCUT2D eigenvalue weighted by atomic mass is 35.5. The largest absolute Gasteiger partial charge is 0.481 e. The minimum absolute atomic E-state index is 0.0248. The maximum absolute atomic E-state index is 12.6. The number of aliphatic hydroxyl groups excluding tert-OH is 2. The van der Waals surface area contributed by atoms with Crippen molar-refractivity contribution in [3.05, 3.63) is 12.7 Å². The number of anilines is 1. The number of ether oxygens (including phenoxy) is 1. The number of alkyl halides is 2. The van der Waals surface area contributed by atoms with Gasteiger partial charge in [0.15, 0.2) is 22.5 Å². The number of halogens is 2. The fraction of sp³-hybridized carbons (Fsp3) is 0.652. The molecule has 0 radical (unpaired) electrons. The molecule has 0 aromatic carbocycles. The summed E-state index contributed by atoms with van der Waals surface area (Å²) in [6.45, 7) is 0.295. The van der Waals surface area contributed by atoms with E-state index in [2.05, 4.69) is 34.4 Å². The molecule has 1 fully saturated rings. The van der Waals surface area contributed by atoms with Gasteiger partial charge < -0.3 is 50.9 Å². The number of carbonyl (C=O) groups excluding carboxylic acids is 3. The number of hydrogen-bond acceptors (Lipinski definition) is 18. The van der Waals surface area contributed by atoms with E-state index in [4.69, 9.17) is 42.7 Å². The number of thioether (sulfide) groups is 1. The van der Waals surface area contributed by atoms with Crippen molar-refractivity contribution in [1.82, 2.24) is 30.2 Å². The van der Waals surface area contributed by atoms with Crippen molar-refractivity contribution in [2.24, 2.45) is 5.41 Å². The van der Waals surface area contributed by atoms with Gasteiger partial charge in [-0.2, -0.15) is 4.31 Å². The number of phosphoric ester groups is 3. The van der Waals surface area contributed by atoms with Crippen LogP contribution in [0, 0.1) is 5.41 Å². The van der Waals surface area contributed by atoms with Crippen LogP contribution in [-0.2, 0) is 50.7 Å². The summed E-state index contributed by atoms with van der Waals surface area (Å²) in [5, 5.41) is 25.6. The van der Waals surface area contributed by atoms with Gasteiger partial charge in [0.1, 0.15) is 36.3 Å². The number of nitrogens with two attached hydrogens (primary N) is 1. The van der Waals surface area contributed by atoms with Crippen LogP contribution in [0.5, 0.6) is 0 Å². The first-order valence-electron chi connectivity index (χ1n) is 14.8. The molecule has 0 spiro atoms. The van der Waals surface area contributed by atoms with Gasteiger partial charge in [0.05, 0.1) is 19.5 Å². The molecule has 2 aromatic heterocycles. The van der Waals surface area contributed by atoms with Gasteiger partial charge in [-0.05, 0) is 0 Å². The van der Waals surface area contributed by atoms with Crippen molar-refractivity contribution in [3.8, 4) is 0 Å². The summed E-state index contributed by atoms with van der Waals surface area (Å²) in [7, 11) is -16.4. The number of phosphoric acid groups is 3. The first kappa shape index (κ1) is 45.5. The quantitative estimate of drug-likeness (QED) is 0.0458. The Labute approximate surface area is 313 Å². The smallest absolute Gasteiger partial charge is 0.386 e. The Morgan fingerprint density at radius 3 is 2.38 bits per heavy atom. The van der Waals surface area contributed by atoms with Crippen LogP contribution in [0.4, 0.5) is 5.82 Å². The van der Waals surface area contributed by atoms with E-state index in [1.807, 2.05) is 0 Å². The van der Waals surface area contributed by atoms with Gasteiger partial charge in [-0.15, -0.1) is 0 Å². The highest BCUT2D eigenvalue weighted by Gasteiger charge is 2.50. The van der Waals surface area contributed by atoms with Crippen LogP contribution in [0.3, 0.4) is 0 Å². The number of rotatable bonds is 20. The third kappa shape index (κ3) is 13.7. The molecule has 2 aromatic rings. The second-order valence-electron chi connectivity index (χ2n) is 11.5. The molecular weight excluding hydrogens is 842 g/mol. The van der Waals surface area contributed by atoms with E-state index in [-0.39, 0.29) is 42.2 Å². The lowest BCUT2D eigenvalue weighted by Crippen LogP contribution is -2.46. The van der Waals surface area contributed by atoms with E-state index in [9.17, 15) is 57.9 Å². The maximum atomic E-state index is 12.6. The Balaban J connectivity index is 1.52. The molecule has 24 nitrogen and oxygen atoms in total. The summed E-state index contributed by atoms with van der Waals surface area (Å²) in [6, 6.07) is 0. The van der Waals surface area contributed by atoms with Crippen molar-refractivity contribution in [3.63, 3.8) is 0 Å². The van der Waals surface area contributed by atoms with Gasteiger partial charge in [0.2, 0.25) is 16.9 Å². The number of aliphatic hydroxyl groups is 2. The van der Waals surface area contributed by atoms with Crippen molar-refractivity contribution < 1.29 is 80.5 Å². The third-order valence-electron chi connectivity index (χ3n) is 6.92. The second-order valence-corrected chi connectivity index (χ2v) is 18.0. The van der Waals surface area contributed by atoms with Gasteiger partial charge in [-0.25, -0.2) is 28.6 Å². The van der Waals surface area contributed by atoms with E-state index in [0.717, 1.165) is 29.0 Å². The Morgan fingerprint density at radius 2 is 1.74 bits per heavy atom. The molecule has 1 aliphatic rings. The Bertz CT molecular complexity index is 1770. The van der Waals surface area contributed by atoms with Crippen molar-refractivity contribution in [2.75, 3.05) is 37.8 Å². The highest BCUT2D eigenvalue weighted by Crippen LogP contribution is 2.61. The molecule has 0 bridgehead atoms. The number of aromatic nitrogens is 4. The lowest BCUT2D eigenvalue weighted by Gasteiger charge is -2.30. The van der Waals surface area contributed by atoms with Gasteiger partial charge in [-0.1, -0.05) is 48.8 Å². The molecule has 53 heavy (non-hydrogen) atoms. The van der Waals surface area contributed by atoms with Crippen molar-refractivity contribution in [1.29, 1.82) is 0 Å². The predicted octanol–water partition coefficient (Wildman–Crippen LogP) is -0.532. The van der Waals surface area contributed by atoms with Gasteiger partial charge in [-0.3, -0.25) is 32.5 Å². The molecule has 4 unspecified atom stereocenters. The number of amides is 2. The Morgan fingerprint density at radius 1 is 1.08 bits per heavy atom. The molecule has 300 valence electrons. The van der Waals surface area contributed by atoms with Gasteiger partial charge >= 0.3 is 23.5 Å². The number of nitrogens with one attached hydrogen (secondary N) is 2. The standard InChI is InChI=1S/C23H36Cl2N7O17P3S/c1-23(2,16(35)20(36)28-4-3-12(33)27-5-6-53-22(37)17(24)25)8-46-52(43,44)49-51(41,42)45-7-11-15(48-50(38,39)40)14(34)21(47-11)32-10-31-13-18(26)29-9-30-19(13)32/h9-11,14-17,21,34-35H,3-8H2,1-2H3,(H,27,33)(H,28,36)(H,41,42)(H,43,44)(H2,26,29,30)(H2,38,39,40)/t11-,14?,15?,16+,21-/m0/s1. The van der Waals surface area contributed by atoms with Crippen LogP contribution in [0.15, 0.2) is 12.7 Å². The molecule has 0 saturated carbocycles. The SMILES string of the molecule is CC(C)(COP(=O)(O)OP(=O)(O)OC[C@@H]1O[C@H](n2cnc3c(N)ncnc32)C(O)C1OP(=O)(O)O)[C@H](O)C(=O)NCCC(=O)NCCSC(=O)C(Cl)Cl. The molecule has 1 saturated heterocycles. The lowest BCUT2D eigenvalue weighted by atomic mass is 9.87. The highest BCUT2D eigenvalue weighted by molar-refractivity contribution is 8.14. The minimum atomic E-state index is -5.57. The van der Waals surface area contributed by atoms with Gasteiger partial charge in [0.25, 0.3) is 0 Å². The zero-order valence-electron chi connectivity index (χ0n) is 27.4. The van der Waals surface area contributed by atoms with Crippen molar-refractivity contribution >= 4 is 92.3 Å².